The molecule has 0 aliphatic carbocycles. The molecule has 1 aliphatic heterocycles. The molecule has 5 N–H and O–H groups in total. The Balaban J connectivity index is 2.55. The predicted octanol–water partition coefficient (Wildman–Crippen LogP) is -2.09. The molecule has 0 amide bonds. The van der Waals surface area contributed by atoms with Crippen LogP contribution in [-0.4, -0.2) is 52.2 Å². The highest BCUT2D eigenvalue weighted by molar-refractivity contribution is 5.67. The Hall–Kier alpha value is -0.690. The molecule has 13 heavy (non-hydrogen) atoms. The van der Waals surface area contributed by atoms with Crippen LogP contribution in [0.4, 0.5) is 0 Å². The Labute approximate surface area is 74.9 Å². The average molecular weight is 191 g/mol. The number of hydrogen-bond acceptors (Lipinski definition) is 5. The van der Waals surface area contributed by atoms with Crippen LogP contribution in [0.2, 0.25) is 0 Å². The minimum absolute atomic E-state index is 0.0638. The summed E-state index contributed by atoms with van der Waals surface area (Å²) in [6, 6.07) is 0. The predicted molar refractivity (Wildman–Crippen MR) is 42.0 cm³/mol. The van der Waals surface area contributed by atoms with Gasteiger partial charge in [0.15, 0.2) is 0 Å². The van der Waals surface area contributed by atoms with Gasteiger partial charge in [-0.25, -0.2) is 0 Å². The van der Waals surface area contributed by atoms with Gasteiger partial charge in [0.25, 0.3) is 0 Å². The molecule has 0 aromatic rings. The van der Waals surface area contributed by atoms with E-state index >= 15 is 0 Å². The number of carboxylic acids is 1. The van der Waals surface area contributed by atoms with Gasteiger partial charge < -0.3 is 25.8 Å². The van der Waals surface area contributed by atoms with Crippen LogP contribution in [0.15, 0.2) is 0 Å². The molecule has 2 unspecified atom stereocenters. The van der Waals surface area contributed by atoms with E-state index in [2.05, 4.69) is 0 Å². The van der Waals surface area contributed by atoms with E-state index in [1.54, 1.807) is 0 Å². The van der Waals surface area contributed by atoms with Gasteiger partial charge >= 0.3 is 5.97 Å². The summed E-state index contributed by atoms with van der Waals surface area (Å²) in [6.07, 6.45) is -4.10. The van der Waals surface area contributed by atoms with Gasteiger partial charge in [-0.15, -0.1) is 0 Å². The van der Waals surface area contributed by atoms with Crippen LogP contribution < -0.4 is 5.73 Å². The lowest BCUT2D eigenvalue weighted by Crippen LogP contribution is -2.36. The number of hydrogen-bond donors (Lipinski definition) is 4. The molecule has 1 fully saturated rings. The number of aliphatic carboxylic acids is 1. The van der Waals surface area contributed by atoms with Crippen molar-refractivity contribution in [3.8, 4) is 0 Å². The second kappa shape index (κ2) is 4.01. The van der Waals surface area contributed by atoms with Crippen molar-refractivity contribution in [2.24, 2.45) is 5.73 Å². The first kappa shape index (κ1) is 10.4. The monoisotopic (exact) mass is 191 g/mol. The van der Waals surface area contributed by atoms with Gasteiger partial charge in [0.05, 0.1) is 18.6 Å². The third-order valence-electron chi connectivity index (χ3n) is 2.07. The maximum absolute atomic E-state index is 10.3. The normalized spacial score (nSPS) is 39.3. The summed E-state index contributed by atoms with van der Waals surface area (Å²) in [5.74, 6) is -1.08. The fourth-order valence-corrected chi connectivity index (χ4v) is 1.36. The zero-order valence-electron chi connectivity index (χ0n) is 6.96. The van der Waals surface area contributed by atoms with Crippen molar-refractivity contribution in [1.82, 2.24) is 0 Å². The van der Waals surface area contributed by atoms with E-state index in [1.807, 2.05) is 0 Å². The summed E-state index contributed by atoms with van der Waals surface area (Å²) in [6.45, 7) is 0.0638. The van der Waals surface area contributed by atoms with Crippen LogP contribution in [-0.2, 0) is 9.53 Å². The van der Waals surface area contributed by atoms with Gasteiger partial charge in [-0.05, 0) is 0 Å². The minimum atomic E-state index is -1.16. The van der Waals surface area contributed by atoms with E-state index in [4.69, 9.17) is 15.6 Å². The Bertz CT molecular complexity index is 197. The van der Waals surface area contributed by atoms with Gasteiger partial charge in [-0.3, -0.25) is 4.79 Å². The van der Waals surface area contributed by atoms with Crippen molar-refractivity contribution in [2.75, 3.05) is 6.54 Å². The minimum Gasteiger partial charge on any atom is -0.481 e. The first-order chi connectivity index (χ1) is 6.06. The van der Waals surface area contributed by atoms with Gasteiger partial charge in [0.2, 0.25) is 0 Å². The van der Waals surface area contributed by atoms with Gasteiger partial charge in [-0.2, -0.15) is 0 Å². The molecule has 6 nitrogen and oxygen atoms in total. The van der Waals surface area contributed by atoms with Crippen LogP contribution in [0.25, 0.3) is 0 Å². The molecule has 76 valence electrons. The summed E-state index contributed by atoms with van der Waals surface area (Å²) >= 11 is 0. The van der Waals surface area contributed by atoms with Gasteiger partial charge in [0.1, 0.15) is 12.2 Å². The molecule has 1 saturated heterocycles. The van der Waals surface area contributed by atoms with E-state index in [1.165, 1.54) is 0 Å². The first-order valence-electron chi connectivity index (χ1n) is 3.99. The van der Waals surface area contributed by atoms with Gasteiger partial charge in [-0.1, -0.05) is 0 Å². The lowest BCUT2D eigenvalue weighted by Gasteiger charge is -2.11. The summed E-state index contributed by atoms with van der Waals surface area (Å²) in [4.78, 5) is 10.3. The summed E-state index contributed by atoms with van der Waals surface area (Å²) in [7, 11) is 0. The van der Waals surface area contributed by atoms with Gasteiger partial charge in [0, 0.05) is 6.54 Å². The van der Waals surface area contributed by atoms with Crippen molar-refractivity contribution in [3.63, 3.8) is 0 Å². The molecular formula is C7H13NO5. The van der Waals surface area contributed by atoms with E-state index in [0.717, 1.165) is 0 Å². The third kappa shape index (κ3) is 2.16. The molecule has 1 aliphatic rings. The molecular weight excluding hydrogens is 178 g/mol. The lowest BCUT2D eigenvalue weighted by atomic mass is 10.1. The van der Waals surface area contributed by atoms with Crippen molar-refractivity contribution in [3.05, 3.63) is 0 Å². The van der Waals surface area contributed by atoms with Crippen molar-refractivity contribution in [1.29, 1.82) is 0 Å². The summed E-state index contributed by atoms with van der Waals surface area (Å²) < 4.78 is 5.04. The fraction of sp³-hybridized carbons (Fsp3) is 0.857. The number of rotatable bonds is 3. The Morgan fingerprint density at radius 2 is 1.85 bits per heavy atom. The number of aliphatic hydroxyl groups excluding tert-OH is 2. The molecule has 6 heteroatoms. The average Bonchev–Trinajstić information content (AvgIpc) is 2.32. The maximum atomic E-state index is 10.3. The molecule has 0 aromatic heterocycles. The number of carbonyl (C=O) groups is 1. The Kier molecular flexibility index (Phi) is 3.21. The number of ether oxygens (including phenoxy) is 1. The van der Waals surface area contributed by atoms with Crippen LogP contribution in [0.3, 0.4) is 0 Å². The lowest BCUT2D eigenvalue weighted by molar-refractivity contribution is -0.141. The highest BCUT2D eigenvalue weighted by Gasteiger charge is 2.42. The van der Waals surface area contributed by atoms with Crippen molar-refractivity contribution < 1.29 is 24.9 Å². The third-order valence-corrected chi connectivity index (χ3v) is 2.07. The molecule has 0 radical (unpaired) electrons. The number of aliphatic hydroxyl groups is 2. The molecule has 0 saturated carbocycles. The van der Waals surface area contributed by atoms with Crippen LogP contribution in [0.5, 0.6) is 0 Å². The largest absolute Gasteiger partial charge is 0.481 e. The van der Waals surface area contributed by atoms with E-state index in [-0.39, 0.29) is 13.0 Å². The highest BCUT2D eigenvalue weighted by Crippen LogP contribution is 2.22. The Morgan fingerprint density at radius 3 is 2.23 bits per heavy atom. The fourth-order valence-electron chi connectivity index (χ4n) is 1.36. The number of nitrogens with two attached hydrogens (primary N) is 1. The second-order valence-corrected chi connectivity index (χ2v) is 3.03. The SMILES string of the molecule is NC[C@H]1O[C@@H](CC(=O)O)C(O)C1O. The van der Waals surface area contributed by atoms with E-state index in [0.29, 0.717) is 0 Å². The Morgan fingerprint density at radius 1 is 1.31 bits per heavy atom. The van der Waals surface area contributed by atoms with E-state index in [9.17, 15) is 15.0 Å². The maximum Gasteiger partial charge on any atom is 0.306 e. The van der Waals surface area contributed by atoms with Crippen molar-refractivity contribution >= 4 is 5.97 Å². The van der Waals surface area contributed by atoms with Crippen molar-refractivity contribution in [2.45, 2.75) is 30.8 Å². The topological polar surface area (TPSA) is 113 Å². The highest BCUT2D eigenvalue weighted by atomic mass is 16.5. The number of carboxylic acid groups (broad SMARTS) is 1. The summed E-state index contributed by atoms with van der Waals surface area (Å²) in [5, 5.41) is 27.0. The molecule has 1 rings (SSSR count). The van der Waals surface area contributed by atoms with E-state index < -0.39 is 30.4 Å². The second-order valence-electron chi connectivity index (χ2n) is 3.03. The standard InChI is InChI=1S/C7H13NO5/c8-2-4-7(12)6(11)3(13-4)1-5(9)10/h3-4,6-7,11-12H,1-2,8H2,(H,9,10)/t3-,4+,6?,7?/m0/s1. The molecule has 1 heterocycles. The zero-order valence-corrected chi connectivity index (χ0v) is 6.96. The van der Waals surface area contributed by atoms with Crippen LogP contribution >= 0.6 is 0 Å². The molecule has 0 spiro atoms. The van der Waals surface area contributed by atoms with Crippen LogP contribution in [0.1, 0.15) is 6.42 Å². The quantitative estimate of drug-likeness (QED) is 0.407. The van der Waals surface area contributed by atoms with Crippen LogP contribution in [0, 0.1) is 0 Å². The zero-order chi connectivity index (χ0) is 10.0. The molecule has 0 bridgehead atoms. The first-order valence-corrected chi connectivity index (χ1v) is 3.99. The molecule has 4 atom stereocenters. The molecule has 0 aromatic carbocycles. The summed E-state index contributed by atoms with van der Waals surface area (Å²) in [5.41, 5.74) is 5.24. The smallest absolute Gasteiger partial charge is 0.306 e.